The SMILES string of the molecule is CN(C)S(=O)(=O)CCNS(=O)(=O)c1cnc(Cl)c(Cl)c1. The first-order valence-electron chi connectivity index (χ1n) is 5.27. The molecule has 0 fully saturated rings. The van der Waals surface area contributed by atoms with Crippen LogP contribution < -0.4 is 4.72 Å². The minimum atomic E-state index is -3.89. The van der Waals surface area contributed by atoms with Crippen LogP contribution in [0.4, 0.5) is 0 Å². The van der Waals surface area contributed by atoms with Gasteiger partial charge >= 0.3 is 0 Å². The fourth-order valence-corrected chi connectivity index (χ4v) is 3.31. The van der Waals surface area contributed by atoms with Crippen LogP contribution in [0.5, 0.6) is 0 Å². The number of pyridine rings is 1. The Bertz CT molecular complexity index is 689. The lowest BCUT2D eigenvalue weighted by Crippen LogP contribution is -2.34. The summed E-state index contributed by atoms with van der Waals surface area (Å²) in [4.78, 5) is 3.43. The molecule has 1 aromatic rings. The molecular weight excluding hydrogens is 349 g/mol. The van der Waals surface area contributed by atoms with Gasteiger partial charge in [0.1, 0.15) is 10.0 Å². The fourth-order valence-electron chi connectivity index (χ4n) is 1.12. The summed E-state index contributed by atoms with van der Waals surface area (Å²) in [6, 6.07) is 1.14. The van der Waals surface area contributed by atoms with Gasteiger partial charge < -0.3 is 0 Å². The van der Waals surface area contributed by atoms with Crippen molar-refractivity contribution < 1.29 is 16.8 Å². The topological polar surface area (TPSA) is 96.4 Å². The molecule has 0 saturated heterocycles. The van der Waals surface area contributed by atoms with Gasteiger partial charge in [0, 0.05) is 26.8 Å². The van der Waals surface area contributed by atoms with Crippen LogP contribution in [0, 0.1) is 0 Å². The molecule has 0 amide bonds. The van der Waals surface area contributed by atoms with Gasteiger partial charge in [-0.1, -0.05) is 23.2 Å². The van der Waals surface area contributed by atoms with E-state index in [9.17, 15) is 16.8 Å². The summed E-state index contributed by atoms with van der Waals surface area (Å²) in [6.45, 7) is -0.261. The first-order chi connectivity index (χ1) is 9.06. The van der Waals surface area contributed by atoms with E-state index in [0.29, 0.717) is 0 Å². The van der Waals surface area contributed by atoms with Gasteiger partial charge in [-0.15, -0.1) is 0 Å². The molecule has 0 radical (unpaired) electrons. The minimum Gasteiger partial charge on any atom is -0.242 e. The number of halogens is 2. The molecule has 1 rings (SSSR count). The molecule has 7 nitrogen and oxygen atoms in total. The molecule has 114 valence electrons. The zero-order chi connectivity index (χ0) is 15.6. The molecule has 0 aliphatic carbocycles. The van der Waals surface area contributed by atoms with Crippen LogP contribution >= 0.6 is 23.2 Å². The van der Waals surface area contributed by atoms with Crippen LogP contribution in [0.25, 0.3) is 0 Å². The number of hydrogen-bond donors (Lipinski definition) is 1. The van der Waals surface area contributed by atoms with E-state index in [1.807, 2.05) is 0 Å². The summed E-state index contributed by atoms with van der Waals surface area (Å²) in [7, 11) is -4.62. The molecule has 0 aromatic carbocycles. The fraction of sp³-hybridized carbons (Fsp3) is 0.444. The highest BCUT2D eigenvalue weighted by atomic mass is 35.5. The number of sulfonamides is 2. The van der Waals surface area contributed by atoms with Crippen LogP contribution in [0.1, 0.15) is 0 Å². The standard InChI is InChI=1S/C9H13Cl2N3O4S2/c1-14(2)19(15,16)4-3-13-20(17,18)7-5-8(10)9(11)12-6-7/h5-6,13H,3-4H2,1-2H3. The van der Waals surface area contributed by atoms with E-state index in [4.69, 9.17) is 23.2 Å². The van der Waals surface area contributed by atoms with Crippen LogP contribution in [0.2, 0.25) is 10.2 Å². The van der Waals surface area contributed by atoms with Crippen molar-refractivity contribution in [2.75, 3.05) is 26.4 Å². The van der Waals surface area contributed by atoms with Gasteiger partial charge in [0.2, 0.25) is 20.0 Å². The summed E-state index contributed by atoms with van der Waals surface area (Å²) in [5.74, 6) is -0.353. The predicted molar refractivity (Wildman–Crippen MR) is 76.9 cm³/mol. The zero-order valence-corrected chi connectivity index (χ0v) is 13.8. The van der Waals surface area contributed by atoms with E-state index < -0.39 is 20.0 Å². The second kappa shape index (κ2) is 6.54. The Labute approximate surface area is 128 Å². The van der Waals surface area contributed by atoms with Gasteiger partial charge in [0.15, 0.2) is 0 Å². The molecule has 20 heavy (non-hydrogen) atoms. The number of hydrogen-bond acceptors (Lipinski definition) is 5. The molecule has 0 unspecified atom stereocenters. The molecule has 0 saturated carbocycles. The highest BCUT2D eigenvalue weighted by molar-refractivity contribution is 7.90. The molecule has 0 spiro atoms. The molecule has 1 aromatic heterocycles. The summed E-state index contributed by atoms with van der Waals surface area (Å²) < 4.78 is 49.9. The Morgan fingerprint density at radius 3 is 2.35 bits per heavy atom. The van der Waals surface area contributed by atoms with Gasteiger partial charge in [0.05, 0.1) is 10.8 Å². The molecule has 1 heterocycles. The zero-order valence-electron chi connectivity index (χ0n) is 10.7. The third-order valence-electron chi connectivity index (χ3n) is 2.29. The second-order valence-electron chi connectivity index (χ2n) is 3.94. The van der Waals surface area contributed by atoms with E-state index in [2.05, 4.69) is 9.71 Å². The summed E-state index contributed by atoms with van der Waals surface area (Å²) in [5, 5.41) is -0.0174. The van der Waals surface area contributed by atoms with E-state index in [1.54, 1.807) is 0 Å². The monoisotopic (exact) mass is 361 g/mol. The van der Waals surface area contributed by atoms with Crippen molar-refractivity contribution in [3.63, 3.8) is 0 Å². The Kier molecular flexibility index (Phi) is 5.76. The van der Waals surface area contributed by atoms with Gasteiger partial charge in [-0.05, 0) is 6.07 Å². The normalized spacial score (nSPS) is 12.8. The van der Waals surface area contributed by atoms with E-state index in [-0.39, 0.29) is 27.4 Å². The molecule has 1 N–H and O–H groups in total. The van der Waals surface area contributed by atoms with Gasteiger partial charge in [-0.25, -0.2) is 30.8 Å². The van der Waals surface area contributed by atoms with E-state index in [0.717, 1.165) is 16.6 Å². The van der Waals surface area contributed by atoms with Crippen molar-refractivity contribution in [3.05, 3.63) is 22.4 Å². The molecule has 0 aliphatic rings. The maximum atomic E-state index is 11.9. The maximum absolute atomic E-state index is 11.9. The lowest BCUT2D eigenvalue weighted by Gasteiger charge is -2.12. The van der Waals surface area contributed by atoms with Gasteiger partial charge in [-0.2, -0.15) is 0 Å². The van der Waals surface area contributed by atoms with Crippen molar-refractivity contribution in [1.82, 2.24) is 14.0 Å². The summed E-state index contributed by atoms with van der Waals surface area (Å²) in [6.07, 6.45) is 1.04. The second-order valence-corrected chi connectivity index (χ2v) is 8.77. The van der Waals surface area contributed by atoms with E-state index in [1.165, 1.54) is 14.1 Å². The molecule has 0 atom stereocenters. The summed E-state index contributed by atoms with van der Waals surface area (Å²) in [5.41, 5.74) is 0. The minimum absolute atomic E-state index is 0.00421. The maximum Gasteiger partial charge on any atom is 0.242 e. The average molecular weight is 362 g/mol. The summed E-state index contributed by atoms with van der Waals surface area (Å²) >= 11 is 11.3. The Morgan fingerprint density at radius 2 is 1.85 bits per heavy atom. The Morgan fingerprint density at radius 1 is 1.25 bits per heavy atom. The molecular formula is C9H13Cl2N3O4S2. The van der Waals surface area contributed by atoms with Crippen molar-refractivity contribution in [3.8, 4) is 0 Å². The third kappa shape index (κ3) is 4.54. The lowest BCUT2D eigenvalue weighted by molar-refractivity contribution is 0.519. The quantitative estimate of drug-likeness (QED) is 0.746. The van der Waals surface area contributed by atoms with Gasteiger partial charge in [-0.3, -0.25) is 0 Å². The number of nitrogens with zero attached hydrogens (tertiary/aromatic N) is 2. The van der Waals surface area contributed by atoms with Crippen LogP contribution in [-0.2, 0) is 20.0 Å². The van der Waals surface area contributed by atoms with Crippen molar-refractivity contribution >= 4 is 43.2 Å². The largest absolute Gasteiger partial charge is 0.242 e. The van der Waals surface area contributed by atoms with Crippen molar-refractivity contribution in [2.45, 2.75) is 4.90 Å². The molecule has 0 aliphatic heterocycles. The molecule has 0 bridgehead atoms. The van der Waals surface area contributed by atoms with Crippen LogP contribution in [0.3, 0.4) is 0 Å². The smallest absolute Gasteiger partial charge is 0.242 e. The first-order valence-corrected chi connectivity index (χ1v) is 9.12. The number of nitrogens with one attached hydrogen (secondary N) is 1. The number of aromatic nitrogens is 1. The molecule has 11 heteroatoms. The number of rotatable bonds is 6. The third-order valence-corrected chi connectivity index (χ3v) is 6.24. The van der Waals surface area contributed by atoms with Gasteiger partial charge in [0.25, 0.3) is 0 Å². The average Bonchev–Trinajstić information content (AvgIpc) is 2.31. The van der Waals surface area contributed by atoms with Crippen molar-refractivity contribution in [2.24, 2.45) is 0 Å². The lowest BCUT2D eigenvalue weighted by atomic mass is 10.5. The van der Waals surface area contributed by atoms with Crippen LogP contribution in [0.15, 0.2) is 17.2 Å². The van der Waals surface area contributed by atoms with E-state index >= 15 is 0 Å². The predicted octanol–water partition coefficient (Wildman–Crippen LogP) is 0.558. The Balaban J connectivity index is 2.79. The highest BCUT2D eigenvalue weighted by Crippen LogP contribution is 2.21. The first kappa shape index (κ1) is 17.6. The van der Waals surface area contributed by atoms with Crippen molar-refractivity contribution in [1.29, 1.82) is 0 Å². The Hall–Kier alpha value is -0.450. The highest BCUT2D eigenvalue weighted by Gasteiger charge is 2.19. The van der Waals surface area contributed by atoms with Crippen LogP contribution in [-0.4, -0.2) is 52.5 Å².